The van der Waals surface area contributed by atoms with Crippen molar-refractivity contribution in [3.05, 3.63) is 0 Å². The van der Waals surface area contributed by atoms with Gasteiger partial charge in [0.05, 0.1) is 12.2 Å². The molecule has 2 saturated heterocycles. The summed E-state index contributed by atoms with van der Waals surface area (Å²) < 4.78 is 6.13. The number of hydrogen-bond donors (Lipinski definition) is 1. The number of hydrogen-bond acceptors (Lipinski definition) is 3. The lowest BCUT2D eigenvalue weighted by molar-refractivity contribution is -0.0451. The Hall–Kier alpha value is -0.120. The third kappa shape index (κ3) is 3.16. The van der Waals surface area contributed by atoms with Gasteiger partial charge in [0.1, 0.15) is 0 Å². The van der Waals surface area contributed by atoms with Gasteiger partial charge in [-0.1, -0.05) is 0 Å². The Morgan fingerprint density at radius 3 is 2.80 bits per heavy atom. The van der Waals surface area contributed by atoms with Crippen LogP contribution in [0.2, 0.25) is 0 Å². The van der Waals surface area contributed by atoms with Gasteiger partial charge in [0.15, 0.2) is 0 Å². The van der Waals surface area contributed by atoms with Crippen molar-refractivity contribution in [1.82, 2.24) is 10.2 Å². The fourth-order valence-corrected chi connectivity index (χ4v) is 2.56. The van der Waals surface area contributed by atoms with E-state index in [0.29, 0.717) is 18.2 Å². The van der Waals surface area contributed by atoms with Gasteiger partial charge in [-0.2, -0.15) is 0 Å². The van der Waals surface area contributed by atoms with E-state index in [0.717, 1.165) is 19.6 Å². The summed E-state index contributed by atoms with van der Waals surface area (Å²) in [7, 11) is 0. The smallest absolute Gasteiger partial charge is 0.0715 e. The second kappa shape index (κ2) is 5.28. The van der Waals surface area contributed by atoms with Crippen LogP contribution >= 0.6 is 0 Å². The van der Waals surface area contributed by atoms with Crippen LogP contribution in [0.3, 0.4) is 0 Å². The van der Waals surface area contributed by atoms with E-state index in [-0.39, 0.29) is 0 Å². The standard InChI is InChI=1S/C12H24N2O/c1-10(2)14-7-3-4-12(9-14)15-11-5-6-13-8-11/h10-13H,3-9H2,1-2H3. The molecule has 2 fully saturated rings. The molecule has 2 aliphatic heterocycles. The first-order valence-corrected chi connectivity index (χ1v) is 6.36. The molecule has 0 saturated carbocycles. The lowest BCUT2D eigenvalue weighted by atomic mass is 10.1. The Balaban J connectivity index is 1.76. The number of rotatable bonds is 3. The zero-order chi connectivity index (χ0) is 10.7. The highest BCUT2D eigenvalue weighted by molar-refractivity contribution is 4.79. The molecule has 15 heavy (non-hydrogen) atoms. The molecule has 2 aliphatic rings. The van der Waals surface area contributed by atoms with E-state index in [1.165, 1.54) is 25.8 Å². The minimum absolute atomic E-state index is 0.474. The molecule has 0 radical (unpaired) electrons. The molecule has 0 bridgehead atoms. The van der Waals surface area contributed by atoms with Crippen molar-refractivity contribution in [2.75, 3.05) is 26.2 Å². The second-order valence-corrected chi connectivity index (χ2v) is 5.10. The minimum atomic E-state index is 0.474. The molecule has 0 spiro atoms. The van der Waals surface area contributed by atoms with Crippen molar-refractivity contribution in [3.8, 4) is 0 Å². The number of nitrogens with zero attached hydrogens (tertiary/aromatic N) is 1. The first-order valence-electron chi connectivity index (χ1n) is 6.36. The third-order valence-corrected chi connectivity index (χ3v) is 3.54. The van der Waals surface area contributed by atoms with Crippen molar-refractivity contribution in [2.24, 2.45) is 0 Å². The molecule has 2 unspecified atom stereocenters. The van der Waals surface area contributed by atoms with Crippen LogP contribution in [0, 0.1) is 0 Å². The van der Waals surface area contributed by atoms with E-state index in [1.54, 1.807) is 0 Å². The quantitative estimate of drug-likeness (QED) is 0.762. The molecular weight excluding hydrogens is 188 g/mol. The normalized spacial score (nSPS) is 33.8. The average Bonchev–Trinajstić information content (AvgIpc) is 2.71. The number of piperidine rings is 1. The maximum Gasteiger partial charge on any atom is 0.0715 e. The third-order valence-electron chi connectivity index (χ3n) is 3.54. The number of ether oxygens (including phenoxy) is 1. The maximum absolute atomic E-state index is 6.13. The Morgan fingerprint density at radius 2 is 2.13 bits per heavy atom. The summed E-state index contributed by atoms with van der Waals surface area (Å²) in [4.78, 5) is 2.54. The summed E-state index contributed by atoms with van der Waals surface area (Å²) in [5.74, 6) is 0. The van der Waals surface area contributed by atoms with E-state index in [9.17, 15) is 0 Å². The van der Waals surface area contributed by atoms with Crippen LogP contribution in [0.15, 0.2) is 0 Å². The largest absolute Gasteiger partial charge is 0.372 e. The topological polar surface area (TPSA) is 24.5 Å². The van der Waals surface area contributed by atoms with Crippen LogP contribution in [-0.2, 0) is 4.74 Å². The van der Waals surface area contributed by atoms with E-state index >= 15 is 0 Å². The average molecular weight is 212 g/mol. The molecule has 3 heteroatoms. The minimum Gasteiger partial charge on any atom is -0.372 e. The van der Waals surface area contributed by atoms with Crippen LogP contribution in [0.25, 0.3) is 0 Å². The van der Waals surface area contributed by atoms with Gasteiger partial charge >= 0.3 is 0 Å². The first kappa shape index (κ1) is 11.4. The molecule has 0 aromatic carbocycles. The van der Waals surface area contributed by atoms with Gasteiger partial charge in [0.25, 0.3) is 0 Å². The zero-order valence-corrected chi connectivity index (χ0v) is 10.0. The van der Waals surface area contributed by atoms with Gasteiger partial charge in [-0.05, 0) is 46.2 Å². The van der Waals surface area contributed by atoms with Gasteiger partial charge in [-0.3, -0.25) is 4.90 Å². The maximum atomic E-state index is 6.13. The van der Waals surface area contributed by atoms with E-state index in [2.05, 4.69) is 24.1 Å². The Bertz CT molecular complexity index is 188. The second-order valence-electron chi connectivity index (χ2n) is 5.10. The molecule has 0 aliphatic carbocycles. The summed E-state index contributed by atoms with van der Waals surface area (Å²) in [6.45, 7) is 9.12. The fourth-order valence-electron chi connectivity index (χ4n) is 2.56. The molecular formula is C12H24N2O. The molecule has 1 N–H and O–H groups in total. The Morgan fingerprint density at radius 1 is 1.27 bits per heavy atom. The van der Waals surface area contributed by atoms with Crippen molar-refractivity contribution in [3.63, 3.8) is 0 Å². The molecule has 3 nitrogen and oxygen atoms in total. The zero-order valence-electron chi connectivity index (χ0n) is 10.0. The van der Waals surface area contributed by atoms with Crippen LogP contribution in [0.5, 0.6) is 0 Å². The first-order chi connectivity index (χ1) is 7.25. The molecule has 88 valence electrons. The van der Waals surface area contributed by atoms with Gasteiger partial charge in [-0.25, -0.2) is 0 Å². The summed E-state index contributed by atoms with van der Waals surface area (Å²) in [5.41, 5.74) is 0. The summed E-state index contributed by atoms with van der Waals surface area (Å²) in [5, 5.41) is 3.36. The Kier molecular flexibility index (Phi) is 4.00. The molecule has 2 atom stereocenters. The highest BCUT2D eigenvalue weighted by Crippen LogP contribution is 2.18. The van der Waals surface area contributed by atoms with Crippen molar-refractivity contribution < 1.29 is 4.74 Å². The molecule has 0 amide bonds. The highest BCUT2D eigenvalue weighted by atomic mass is 16.5. The highest BCUT2D eigenvalue weighted by Gasteiger charge is 2.25. The lowest BCUT2D eigenvalue weighted by Gasteiger charge is -2.36. The van der Waals surface area contributed by atoms with Crippen LogP contribution in [-0.4, -0.2) is 49.3 Å². The number of likely N-dealkylation sites (tertiary alicyclic amines) is 1. The lowest BCUT2D eigenvalue weighted by Crippen LogP contribution is -2.44. The van der Waals surface area contributed by atoms with Crippen LogP contribution in [0.4, 0.5) is 0 Å². The predicted octanol–water partition coefficient (Wildman–Crippen LogP) is 1.24. The van der Waals surface area contributed by atoms with E-state index < -0.39 is 0 Å². The Labute approximate surface area is 93.2 Å². The van der Waals surface area contributed by atoms with Crippen molar-refractivity contribution >= 4 is 0 Å². The molecule has 2 rings (SSSR count). The SMILES string of the molecule is CC(C)N1CCCC(OC2CCNC2)C1. The molecule has 0 aromatic heterocycles. The van der Waals surface area contributed by atoms with Crippen LogP contribution < -0.4 is 5.32 Å². The summed E-state index contributed by atoms with van der Waals surface area (Å²) in [6.07, 6.45) is 4.69. The molecule has 2 heterocycles. The number of nitrogens with one attached hydrogen (secondary N) is 1. The van der Waals surface area contributed by atoms with Crippen molar-refractivity contribution in [2.45, 2.75) is 51.4 Å². The van der Waals surface area contributed by atoms with Crippen LogP contribution in [0.1, 0.15) is 33.1 Å². The van der Waals surface area contributed by atoms with Gasteiger partial charge < -0.3 is 10.1 Å². The van der Waals surface area contributed by atoms with E-state index in [1.807, 2.05) is 0 Å². The fraction of sp³-hybridized carbons (Fsp3) is 1.00. The van der Waals surface area contributed by atoms with Gasteiger partial charge in [0.2, 0.25) is 0 Å². The monoisotopic (exact) mass is 212 g/mol. The van der Waals surface area contributed by atoms with E-state index in [4.69, 9.17) is 4.74 Å². The van der Waals surface area contributed by atoms with Gasteiger partial charge in [-0.15, -0.1) is 0 Å². The van der Waals surface area contributed by atoms with Gasteiger partial charge in [0, 0.05) is 19.1 Å². The summed E-state index contributed by atoms with van der Waals surface area (Å²) in [6, 6.07) is 0.665. The van der Waals surface area contributed by atoms with Crippen molar-refractivity contribution in [1.29, 1.82) is 0 Å². The predicted molar refractivity (Wildman–Crippen MR) is 62.1 cm³/mol. The summed E-state index contributed by atoms with van der Waals surface area (Å²) >= 11 is 0. The molecule has 0 aromatic rings.